The number of aromatic nitrogens is 3. The number of ether oxygens (including phenoxy) is 2. The molecule has 0 aliphatic carbocycles. The monoisotopic (exact) mass is 433 g/mol. The smallest absolute Gasteiger partial charge is 0.414 e. The summed E-state index contributed by atoms with van der Waals surface area (Å²) in [5.74, 6) is 0.0247. The molecule has 2 aliphatic heterocycles. The summed E-state index contributed by atoms with van der Waals surface area (Å²) >= 11 is 1.31. The highest BCUT2D eigenvalue weighted by molar-refractivity contribution is 7.10. The Balaban J connectivity index is 1.61. The first-order valence-electron chi connectivity index (χ1n) is 9.75. The second-order valence-corrected chi connectivity index (χ2v) is 8.06. The Morgan fingerprint density at radius 2 is 2.00 bits per heavy atom. The van der Waals surface area contributed by atoms with Crippen molar-refractivity contribution >= 4 is 23.3 Å². The summed E-state index contributed by atoms with van der Waals surface area (Å²) in [6, 6.07) is -0.352. The number of imide groups is 1. The van der Waals surface area contributed by atoms with Gasteiger partial charge in [-0.25, -0.2) is 24.6 Å². The second-order valence-electron chi connectivity index (χ2n) is 7.17. The molecule has 2 aromatic rings. The third-order valence-corrected chi connectivity index (χ3v) is 6.27. The van der Waals surface area contributed by atoms with Crippen LogP contribution in [0.15, 0.2) is 17.9 Å². The van der Waals surface area contributed by atoms with E-state index in [0.29, 0.717) is 55.9 Å². The van der Waals surface area contributed by atoms with Gasteiger partial charge in [0.1, 0.15) is 5.82 Å². The molecule has 1 saturated heterocycles. The number of carbonyl (C=O) groups excluding carboxylic acids is 1. The molecular weight excluding hydrogens is 410 g/mol. The van der Waals surface area contributed by atoms with Crippen molar-refractivity contribution in [1.29, 1.82) is 0 Å². The maximum absolute atomic E-state index is 13.3. The molecule has 0 spiro atoms. The van der Waals surface area contributed by atoms with Crippen LogP contribution >= 0.6 is 11.3 Å². The molecule has 0 bridgehead atoms. The second kappa shape index (κ2) is 9.02. The molecule has 0 saturated carbocycles. The highest BCUT2D eigenvalue weighted by atomic mass is 32.1. The molecule has 160 valence electrons. The van der Waals surface area contributed by atoms with Gasteiger partial charge in [-0.05, 0) is 13.3 Å². The van der Waals surface area contributed by atoms with E-state index in [9.17, 15) is 14.7 Å². The van der Waals surface area contributed by atoms with Gasteiger partial charge in [0.2, 0.25) is 11.8 Å². The van der Waals surface area contributed by atoms with Crippen LogP contribution in [0.25, 0.3) is 0 Å². The molecule has 4 rings (SSSR count). The van der Waals surface area contributed by atoms with Crippen molar-refractivity contribution < 1.29 is 24.2 Å². The van der Waals surface area contributed by atoms with E-state index in [1.54, 1.807) is 24.8 Å². The molecule has 10 nitrogen and oxygen atoms in total. The van der Waals surface area contributed by atoms with Gasteiger partial charge in [0.05, 0.1) is 48.7 Å². The molecule has 2 aromatic heterocycles. The minimum Gasteiger partial charge on any atom is -0.477 e. The third kappa shape index (κ3) is 4.27. The molecule has 11 heteroatoms. The van der Waals surface area contributed by atoms with Crippen LogP contribution in [0.1, 0.15) is 34.6 Å². The summed E-state index contributed by atoms with van der Waals surface area (Å²) in [7, 11) is 0. The maximum Gasteiger partial charge on any atom is 0.414 e. The van der Waals surface area contributed by atoms with E-state index in [4.69, 9.17) is 9.47 Å². The topological polar surface area (TPSA) is 118 Å². The van der Waals surface area contributed by atoms with Crippen molar-refractivity contribution in [3.63, 3.8) is 0 Å². The van der Waals surface area contributed by atoms with Crippen molar-refractivity contribution in [2.75, 3.05) is 39.5 Å². The van der Waals surface area contributed by atoms with Gasteiger partial charge in [0, 0.05) is 31.0 Å². The molecule has 2 amide bonds. The molecule has 2 atom stereocenters. The van der Waals surface area contributed by atoms with E-state index in [2.05, 4.69) is 19.9 Å². The Labute approximate surface area is 177 Å². The fraction of sp³-hybridized carbons (Fsp3) is 0.526. The number of carbonyl (C=O) groups is 2. The highest BCUT2D eigenvalue weighted by Gasteiger charge is 2.38. The van der Waals surface area contributed by atoms with E-state index in [-0.39, 0.29) is 12.6 Å². The zero-order valence-corrected chi connectivity index (χ0v) is 17.4. The molecule has 1 fully saturated rings. The number of morpholine rings is 1. The predicted octanol–water partition coefficient (Wildman–Crippen LogP) is 1.69. The first-order valence-corrected chi connectivity index (χ1v) is 10.6. The van der Waals surface area contributed by atoms with Crippen LogP contribution < -0.4 is 4.74 Å². The van der Waals surface area contributed by atoms with Crippen molar-refractivity contribution in [1.82, 2.24) is 24.8 Å². The van der Waals surface area contributed by atoms with E-state index < -0.39 is 17.9 Å². The van der Waals surface area contributed by atoms with E-state index >= 15 is 0 Å². The minimum atomic E-state index is -1.27. The van der Waals surface area contributed by atoms with Gasteiger partial charge < -0.3 is 14.6 Å². The van der Waals surface area contributed by atoms with Crippen LogP contribution in [0.2, 0.25) is 0 Å². The van der Waals surface area contributed by atoms with Crippen molar-refractivity contribution in [2.45, 2.75) is 25.3 Å². The molecule has 4 heterocycles. The fourth-order valence-corrected chi connectivity index (χ4v) is 4.60. The van der Waals surface area contributed by atoms with Crippen molar-refractivity contribution in [2.24, 2.45) is 0 Å². The van der Waals surface area contributed by atoms with Gasteiger partial charge in [-0.1, -0.05) is 0 Å². The summed E-state index contributed by atoms with van der Waals surface area (Å²) in [5.41, 5.74) is 2.38. The summed E-state index contributed by atoms with van der Waals surface area (Å²) in [6.45, 7) is 4.49. The number of nitrogens with zero attached hydrogens (tertiary/aromatic N) is 5. The lowest BCUT2D eigenvalue weighted by Gasteiger charge is -2.37. The zero-order valence-electron chi connectivity index (χ0n) is 16.6. The Morgan fingerprint density at radius 1 is 1.27 bits per heavy atom. The number of aryl methyl sites for hydroxylation is 1. The molecule has 30 heavy (non-hydrogen) atoms. The van der Waals surface area contributed by atoms with Gasteiger partial charge in [-0.3, -0.25) is 9.69 Å². The molecule has 0 radical (unpaired) electrons. The van der Waals surface area contributed by atoms with Gasteiger partial charge >= 0.3 is 6.09 Å². The Hall–Kier alpha value is -2.63. The maximum atomic E-state index is 13.3. The predicted molar refractivity (Wildman–Crippen MR) is 107 cm³/mol. The van der Waals surface area contributed by atoms with Crippen LogP contribution in [-0.2, 0) is 9.53 Å². The lowest BCUT2D eigenvalue weighted by Crippen LogP contribution is -2.48. The average molecular weight is 433 g/mol. The first-order chi connectivity index (χ1) is 14.5. The van der Waals surface area contributed by atoms with Gasteiger partial charge in [-0.2, -0.15) is 0 Å². The van der Waals surface area contributed by atoms with Gasteiger partial charge in [0.15, 0.2) is 0 Å². The summed E-state index contributed by atoms with van der Waals surface area (Å²) < 4.78 is 10.9. The minimum absolute atomic E-state index is 0.00786. The number of carboxylic acid groups (broad SMARTS) is 1. The van der Waals surface area contributed by atoms with E-state index in [1.165, 1.54) is 11.3 Å². The Kier molecular flexibility index (Phi) is 6.21. The van der Waals surface area contributed by atoms with Crippen LogP contribution in [0.4, 0.5) is 4.79 Å². The summed E-state index contributed by atoms with van der Waals surface area (Å²) in [6.07, 6.45) is 2.54. The number of rotatable bonds is 5. The number of thiazole rings is 1. The lowest BCUT2D eigenvalue weighted by molar-refractivity contribution is -0.132. The largest absolute Gasteiger partial charge is 0.477 e. The van der Waals surface area contributed by atoms with Crippen LogP contribution in [0.5, 0.6) is 5.88 Å². The molecule has 2 unspecified atom stereocenters. The van der Waals surface area contributed by atoms with Gasteiger partial charge in [-0.15, -0.1) is 11.3 Å². The Morgan fingerprint density at radius 3 is 2.70 bits per heavy atom. The van der Waals surface area contributed by atoms with Crippen molar-refractivity contribution in [3.05, 3.63) is 34.2 Å². The van der Waals surface area contributed by atoms with Crippen LogP contribution in [0, 0.1) is 6.92 Å². The Bertz CT molecular complexity index is 899. The van der Waals surface area contributed by atoms with Crippen LogP contribution in [-0.4, -0.2) is 81.3 Å². The summed E-state index contributed by atoms with van der Waals surface area (Å²) in [5, 5.41) is 9.90. The molecule has 0 aromatic carbocycles. The van der Waals surface area contributed by atoms with Gasteiger partial charge in [0.25, 0.3) is 0 Å². The standard InChI is InChI=1S/C19H23N5O5S/c1-12-20-8-13(9-21-12)15(23-3-6-28-7-4-23)10-24(19(26)27)18(25)14-2-5-29-17-16(14)30-11-22-17/h8-9,11,14-15H,2-7,10H2,1H3,(H,26,27). The summed E-state index contributed by atoms with van der Waals surface area (Å²) in [4.78, 5) is 41.8. The normalized spacial score (nSPS) is 20.1. The SMILES string of the molecule is Cc1ncc(C(CN(C(=O)O)C(=O)C2CCOc3ncsc32)N2CCOCC2)cn1. The molecule has 2 aliphatic rings. The lowest BCUT2D eigenvalue weighted by atomic mass is 9.99. The molecular formula is C19H23N5O5S. The average Bonchev–Trinajstić information content (AvgIpc) is 3.24. The number of hydrogen-bond acceptors (Lipinski definition) is 9. The number of hydrogen-bond donors (Lipinski definition) is 1. The number of amides is 2. The zero-order chi connectivity index (χ0) is 21.1. The quantitative estimate of drug-likeness (QED) is 0.751. The third-order valence-electron chi connectivity index (χ3n) is 5.34. The molecule has 1 N–H and O–H groups in total. The highest BCUT2D eigenvalue weighted by Crippen LogP contribution is 2.37. The van der Waals surface area contributed by atoms with E-state index in [0.717, 1.165) is 10.5 Å². The van der Waals surface area contributed by atoms with E-state index in [1.807, 2.05) is 0 Å². The number of fused-ring (bicyclic) bond motifs is 1. The van der Waals surface area contributed by atoms with Crippen LogP contribution in [0.3, 0.4) is 0 Å². The first kappa shape index (κ1) is 20.6. The van der Waals surface area contributed by atoms with Crippen molar-refractivity contribution in [3.8, 4) is 5.88 Å². The fourth-order valence-electron chi connectivity index (χ4n) is 3.74.